The maximum Gasteiger partial charge on any atom is 0.267 e. The van der Waals surface area contributed by atoms with Crippen molar-refractivity contribution < 1.29 is 4.79 Å². The number of aromatic nitrogens is 1. The highest BCUT2D eigenvalue weighted by molar-refractivity contribution is 9.10. The van der Waals surface area contributed by atoms with Crippen molar-refractivity contribution in [2.45, 2.75) is 19.9 Å². The van der Waals surface area contributed by atoms with Crippen LogP contribution < -0.4 is 5.32 Å². The summed E-state index contributed by atoms with van der Waals surface area (Å²) in [6.07, 6.45) is 2.70. The number of halogens is 2. The Morgan fingerprint density at radius 3 is 2.70 bits per heavy atom. The Morgan fingerprint density at radius 1 is 1.35 bits per heavy atom. The van der Waals surface area contributed by atoms with E-state index in [9.17, 15) is 4.79 Å². The molecule has 1 heterocycles. The van der Waals surface area contributed by atoms with Crippen LogP contribution in [0.15, 0.2) is 41.0 Å². The van der Waals surface area contributed by atoms with Crippen LogP contribution in [0.5, 0.6) is 0 Å². The summed E-state index contributed by atoms with van der Waals surface area (Å²) in [5, 5.41) is 3.66. The number of hydrogen-bond donors (Lipinski definition) is 1. The summed E-state index contributed by atoms with van der Waals surface area (Å²) in [5.41, 5.74) is 1.83. The van der Waals surface area contributed by atoms with E-state index in [2.05, 4.69) is 21.2 Å². The molecular formula is C15H16BrClN2O. The van der Waals surface area contributed by atoms with Crippen molar-refractivity contribution in [2.24, 2.45) is 0 Å². The normalized spacial score (nSPS) is 10.6. The minimum absolute atomic E-state index is 0.0495. The molecule has 0 aliphatic rings. The van der Waals surface area contributed by atoms with Gasteiger partial charge in [-0.25, -0.2) is 0 Å². The standard InChI is InChI=1S/C15H16BrClN2O/c1-2-19-10-12(16)9-14(19)15(20)18-8-7-11-3-5-13(17)6-4-11/h3-6,9-10H,2,7-8H2,1H3,(H,18,20). The Hall–Kier alpha value is -1.26. The third kappa shape index (κ3) is 3.87. The fraction of sp³-hybridized carbons (Fsp3) is 0.267. The third-order valence-corrected chi connectivity index (χ3v) is 3.73. The highest BCUT2D eigenvalue weighted by Gasteiger charge is 2.11. The molecule has 1 N–H and O–H groups in total. The summed E-state index contributed by atoms with van der Waals surface area (Å²) in [7, 11) is 0. The highest BCUT2D eigenvalue weighted by atomic mass is 79.9. The molecule has 0 spiro atoms. The molecule has 0 bridgehead atoms. The van der Waals surface area contributed by atoms with Gasteiger partial charge in [-0.3, -0.25) is 4.79 Å². The summed E-state index contributed by atoms with van der Waals surface area (Å²) in [5.74, 6) is -0.0495. The van der Waals surface area contributed by atoms with E-state index in [0.29, 0.717) is 12.2 Å². The lowest BCUT2D eigenvalue weighted by atomic mass is 10.1. The van der Waals surface area contributed by atoms with E-state index in [4.69, 9.17) is 11.6 Å². The van der Waals surface area contributed by atoms with Gasteiger partial charge in [-0.2, -0.15) is 0 Å². The van der Waals surface area contributed by atoms with Gasteiger partial charge in [-0.05, 0) is 53.0 Å². The van der Waals surface area contributed by atoms with Crippen LogP contribution in [0.2, 0.25) is 5.02 Å². The van der Waals surface area contributed by atoms with Crippen LogP contribution in [0.3, 0.4) is 0 Å². The van der Waals surface area contributed by atoms with Crippen LogP contribution in [0.25, 0.3) is 0 Å². The van der Waals surface area contributed by atoms with Gasteiger partial charge in [0, 0.05) is 28.8 Å². The van der Waals surface area contributed by atoms with Crippen LogP contribution in [0.1, 0.15) is 23.0 Å². The molecule has 0 aliphatic heterocycles. The monoisotopic (exact) mass is 354 g/mol. The van der Waals surface area contributed by atoms with Gasteiger partial charge < -0.3 is 9.88 Å². The highest BCUT2D eigenvalue weighted by Crippen LogP contribution is 2.15. The quantitative estimate of drug-likeness (QED) is 0.867. The number of nitrogens with zero attached hydrogens (tertiary/aromatic N) is 1. The molecular weight excluding hydrogens is 340 g/mol. The second kappa shape index (κ2) is 6.95. The topological polar surface area (TPSA) is 34.0 Å². The number of amides is 1. The molecule has 0 radical (unpaired) electrons. The van der Waals surface area contributed by atoms with E-state index in [0.717, 1.165) is 28.0 Å². The zero-order chi connectivity index (χ0) is 14.5. The van der Waals surface area contributed by atoms with Crippen molar-refractivity contribution in [3.8, 4) is 0 Å². The first-order chi connectivity index (χ1) is 9.60. The molecule has 0 saturated carbocycles. The predicted octanol–water partition coefficient (Wildman–Crippen LogP) is 3.90. The predicted molar refractivity (Wildman–Crippen MR) is 85.3 cm³/mol. The van der Waals surface area contributed by atoms with E-state index in [1.807, 2.05) is 48.0 Å². The maximum absolute atomic E-state index is 12.1. The van der Waals surface area contributed by atoms with E-state index in [1.165, 1.54) is 0 Å². The number of carbonyl (C=O) groups is 1. The molecule has 1 amide bonds. The fourth-order valence-corrected chi connectivity index (χ4v) is 2.58. The Balaban J connectivity index is 1.90. The lowest BCUT2D eigenvalue weighted by Gasteiger charge is -2.07. The molecule has 1 aromatic heterocycles. The van der Waals surface area contributed by atoms with Crippen LogP contribution in [-0.4, -0.2) is 17.0 Å². The lowest BCUT2D eigenvalue weighted by molar-refractivity contribution is 0.0945. The van der Waals surface area contributed by atoms with Crippen molar-refractivity contribution in [3.05, 3.63) is 57.3 Å². The summed E-state index contributed by atoms with van der Waals surface area (Å²) in [4.78, 5) is 12.1. The van der Waals surface area contributed by atoms with Gasteiger partial charge in [0.15, 0.2) is 0 Å². The van der Waals surface area contributed by atoms with E-state index < -0.39 is 0 Å². The summed E-state index contributed by atoms with van der Waals surface area (Å²) >= 11 is 9.23. The molecule has 1 aromatic carbocycles. The number of nitrogens with one attached hydrogen (secondary N) is 1. The molecule has 0 atom stereocenters. The SMILES string of the molecule is CCn1cc(Br)cc1C(=O)NCCc1ccc(Cl)cc1. The molecule has 2 rings (SSSR count). The largest absolute Gasteiger partial charge is 0.350 e. The molecule has 106 valence electrons. The van der Waals surface area contributed by atoms with Crippen molar-refractivity contribution in [2.75, 3.05) is 6.54 Å². The van der Waals surface area contributed by atoms with Gasteiger partial charge in [0.2, 0.25) is 0 Å². The fourth-order valence-electron chi connectivity index (χ4n) is 1.99. The maximum atomic E-state index is 12.1. The number of benzene rings is 1. The lowest BCUT2D eigenvalue weighted by Crippen LogP contribution is -2.27. The molecule has 0 fully saturated rings. The Morgan fingerprint density at radius 2 is 2.05 bits per heavy atom. The van der Waals surface area contributed by atoms with E-state index >= 15 is 0 Å². The molecule has 0 unspecified atom stereocenters. The first-order valence-electron chi connectivity index (χ1n) is 6.48. The zero-order valence-corrected chi connectivity index (χ0v) is 13.5. The molecule has 5 heteroatoms. The van der Waals surface area contributed by atoms with Gasteiger partial charge in [0.25, 0.3) is 5.91 Å². The second-order valence-electron chi connectivity index (χ2n) is 4.46. The summed E-state index contributed by atoms with van der Waals surface area (Å²) in [6, 6.07) is 9.50. The van der Waals surface area contributed by atoms with Crippen LogP contribution in [-0.2, 0) is 13.0 Å². The first kappa shape index (κ1) is 15.1. The molecule has 3 nitrogen and oxygen atoms in total. The summed E-state index contributed by atoms with van der Waals surface area (Å²) < 4.78 is 2.84. The Bertz CT molecular complexity index is 592. The van der Waals surface area contributed by atoms with Crippen molar-refractivity contribution >= 4 is 33.4 Å². The minimum Gasteiger partial charge on any atom is -0.350 e. The van der Waals surface area contributed by atoms with Gasteiger partial charge >= 0.3 is 0 Å². The average Bonchev–Trinajstić information content (AvgIpc) is 2.82. The van der Waals surface area contributed by atoms with Gasteiger partial charge in [-0.15, -0.1) is 0 Å². The molecule has 2 aromatic rings. The van der Waals surface area contributed by atoms with E-state index in [1.54, 1.807) is 0 Å². The van der Waals surface area contributed by atoms with Crippen LogP contribution in [0.4, 0.5) is 0 Å². The Kier molecular flexibility index (Phi) is 5.26. The van der Waals surface area contributed by atoms with Crippen LogP contribution in [0, 0.1) is 0 Å². The van der Waals surface area contributed by atoms with Gasteiger partial charge in [-0.1, -0.05) is 23.7 Å². The van der Waals surface area contributed by atoms with Crippen molar-refractivity contribution in [1.82, 2.24) is 9.88 Å². The first-order valence-corrected chi connectivity index (χ1v) is 7.65. The average molecular weight is 356 g/mol. The zero-order valence-electron chi connectivity index (χ0n) is 11.2. The Labute approximate surface area is 132 Å². The number of aryl methyl sites for hydroxylation is 1. The van der Waals surface area contributed by atoms with Crippen molar-refractivity contribution in [3.63, 3.8) is 0 Å². The summed E-state index contributed by atoms with van der Waals surface area (Å²) in [6.45, 7) is 3.38. The van der Waals surface area contributed by atoms with Gasteiger partial charge in [0.05, 0.1) is 0 Å². The van der Waals surface area contributed by atoms with E-state index in [-0.39, 0.29) is 5.91 Å². The van der Waals surface area contributed by atoms with Gasteiger partial charge in [0.1, 0.15) is 5.69 Å². The molecule has 0 saturated heterocycles. The smallest absolute Gasteiger partial charge is 0.267 e. The third-order valence-electron chi connectivity index (χ3n) is 3.05. The second-order valence-corrected chi connectivity index (χ2v) is 5.81. The molecule has 20 heavy (non-hydrogen) atoms. The van der Waals surface area contributed by atoms with Crippen molar-refractivity contribution in [1.29, 1.82) is 0 Å². The molecule has 0 aliphatic carbocycles. The van der Waals surface area contributed by atoms with Crippen LogP contribution >= 0.6 is 27.5 Å². The number of rotatable bonds is 5. The number of carbonyl (C=O) groups excluding carboxylic acids is 1. The minimum atomic E-state index is -0.0495. The number of hydrogen-bond acceptors (Lipinski definition) is 1.